The third-order valence-electron chi connectivity index (χ3n) is 1.69. The van der Waals surface area contributed by atoms with Crippen LogP contribution >= 0.6 is 0 Å². The van der Waals surface area contributed by atoms with E-state index in [1.807, 2.05) is 6.07 Å². The van der Waals surface area contributed by atoms with E-state index in [1.165, 1.54) is 0 Å². The summed E-state index contributed by atoms with van der Waals surface area (Å²) in [5.74, 6) is 5.57. The van der Waals surface area contributed by atoms with Gasteiger partial charge in [0.1, 0.15) is 0 Å². The third-order valence-corrected chi connectivity index (χ3v) is 1.69. The molecule has 0 spiro atoms. The molecule has 0 atom stereocenters. The van der Waals surface area contributed by atoms with Crippen molar-refractivity contribution in [2.75, 3.05) is 0 Å². The fraction of sp³-hybridized carbons (Fsp3) is 0.0909. The quantitative estimate of drug-likeness (QED) is 0.233. The topological polar surface area (TPSA) is 82.4 Å². The molecule has 0 heterocycles. The number of nitrogens with two attached hydrogens (primary N) is 1. The minimum Gasteiger partial charge on any atom is -0.409 e. The molecule has 1 rings (SSSR count). The van der Waals surface area contributed by atoms with Crippen molar-refractivity contribution in [1.29, 1.82) is 5.26 Å². The molecule has 0 unspecified atom stereocenters. The van der Waals surface area contributed by atoms with E-state index < -0.39 is 0 Å². The average Bonchev–Trinajstić information content (AvgIpc) is 2.29. The van der Waals surface area contributed by atoms with Crippen molar-refractivity contribution < 1.29 is 5.21 Å². The maximum absolute atomic E-state index is 8.43. The molecule has 0 bridgehead atoms. The van der Waals surface area contributed by atoms with Gasteiger partial charge in [-0.3, -0.25) is 0 Å². The van der Waals surface area contributed by atoms with Crippen LogP contribution < -0.4 is 5.73 Å². The second kappa shape index (κ2) is 5.31. The van der Waals surface area contributed by atoms with Gasteiger partial charge >= 0.3 is 0 Å². The molecule has 74 valence electrons. The molecule has 1 aromatic rings. The normalized spacial score (nSPS) is 9.93. The monoisotopic (exact) mass is 199 g/mol. The summed E-state index contributed by atoms with van der Waals surface area (Å²) in [5, 5.41) is 19.6. The fourth-order valence-electron chi connectivity index (χ4n) is 0.968. The summed E-state index contributed by atoms with van der Waals surface area (Å²) in [6.45, 7) is 0. The van der Waals surface area contributed by atoms with Gasteiger partial charge in [-0.2, -0.15) is 5.26 Å². The number of hydrogen-bond donors (Lipinski definition) is 2. The van der Waals surface area contributed by atoms with Gasteiger partial charge < -0.3 is 10.9 Å². The van der Waals surface area contributed by atoms with Crippen LogP contribution in [0, 0.1) is 23.2 Å². The van der Waals surface area contributed by atoms with Gasteiger partial charge in [0.15, 0.2) is 5.84 Å². The molecule has 4 heteroatoms. The molecule has 0 aliphatic rings. The van der Waals surface area contributed by atoms with Crippen molar-refractivity contribution >= 4 is 5.84 Å². The van der Waals surface area contributed by atoms with Gasteiger partial charge in [0, 0.05) is 11.1 Å². The van der Waals surface area contributed by atoms with E-state index in [-0.39, 0.29) is 12.3 Å². The molecule has 0 radical (unpaired) electrons. The molecule has 0 saturated carbocycles. The molecule has 0 fully saturated rings. The summed E-state index contributed by atoms with van der Waals surface area (Å²) in [6.07, 6.45) is 0.210. The summed E-state index contributed by atoms with van der Waals surface area (Å²) in [7, 11) is 0. The van der Waals surface area contributed by atoms with E-state index in [0.29, 0.717) is 5.56 Å². The van der Waals surface area contributed by atoms with Crippen LogP contribution in [-0.2, 0) is 0 Å². The zero-order valence-electron chi connectivity index (χ0n) is 7.94. The van der Waals surface area contributed by atoms with Gasteiger partial charge in [-0.25, -0.2) is 0 Å². The van der Waals surface area contributed by atoms with Crippen LogP contribution in [0.5, 0.6) is 0 Å². The predicted octanol–water partition coefficient (Wildman–Crippen LogP) is 1.05. The highest BCUT2D eigenvalue weighted by Crippen LogP contribution is 2.02. The lowest BCUT2D eigenvalue weighted by Gasteiger charge is -1.97. The Morgan fingerprint density at radius 3 is 2.60 bits per heavy atom. The van der Waals surface area contributed by atoms with E-state index in [1.54, 1.807) is 24.3 Å². The van der Waals surface area contributed by atoms with Crippen LogP contribution in [0.3, 0.4) is 0 Å². The van der Waals surface area contributed by atoms with E-state index in [4.69, 9.17) is 16.2 Å². The Hall–Kier alpha value is -2.46. The second-order valence-electron chi connectivity index (χ2n) is 2.70. The number of oxime groups is 1. The van der Waals surface area contributed by atoms with Crippen LogP contribution in [-0.4, -0.2) is 11.0 Å². The maximum atomic E-state index is 8.43. The Labute approximate surface area is 87.6 Å². The lowest BCUT2D eigenvalue weighted by Crippen LogP contribution is -2.12. The van der Waals surface area contributed by atoms with Crippen molar-refractivity contribution in [3.05, 3.63) is 35.4 Å². The van der Waals surface area contributed by atoms with Crippen molar-refractivity contribution in [1.82, 2.24) is 0 Å². The van der Waals surface area contributed by atoms with E-state index in [9.17, 15) is 0 Å². The first-order valence-electron chi connectivity index (χ1n) is 4.21. The number of rotatable bonds is 1. The molecule has 0 aromatic heterocycles. The highest BCUT2D eigenvalue weighted by Gasteiger charge is 1.96. The van der Waals surface area contributed by atoms with E-state index >= 15 is 0 Å². The van der Waals surface area contributed by atoms with Crippen LogP contribution in [0.1, 0.15) is 17.5 Å². The van der Waals surface area contributed by atoms with Gasteiger partial charge in [0.05, 0.1) is 12.5 Å². The van der Waals surface area contributed by atoms with Crippen molar-refractivity contribution in [3.63, 3.8) is 0 Å². The van der Waals surface area contributed by atoms with Crippen LogP contribution in [0.4, 0.5) is 0 Å². The molecule has 0 aliphatic carbocycles. The molecule has 4 nitrogen and oxygen atoms in total. The lowest BCUT2D eigenvalue weighted by molar-refractivity contribution is 0.318. The molecule has 1 aromatic carbocycles. The molecular weight excluding hydrogens is 190 g/mol. The Kier molecular flexibility index (Phi) is 3.76. The third kappa shape index (κ3) is 3.06. The molecule has 0 aliphatic heterocycles. The van der Waals surface area contributed by atoms with E-state index in [2.05, 4.69) is 17.0 Å². The second-order valence-corrected chi connectivity index (χ2v) is 2.70. The van der Waals surface area contributed by atoms with Crippen molar-refractivity contribution in [2.45, 2.75) is 6.42 Å². The summed E-state index contributed by atoms with van der Waals surface area (Å²) >= 11 is 0. The lowest BCUT2D eigenvalue weighted by atomic mass is 10.1. The molecular formula is C11H9N3O. The van der Waals surface area contributed by atoms with Crippen LogP contribution in [0.15, 0.2) is 29.4 Å². The largest absolute Gasteiger partial charge is 0.409 e. The predicted molar refractivity (Wildman–Crippen MR) is 56.1 cm³/mol. The van der Waals surface area contributed by atoms with Gasteiger partial charge in [-0.15, -0.1) is 0 Å². The van der Waals surface area contributed by atoms with Gasteiger partial charge in [-0.1, -0.05) is 17.0 Å². The highest BCUT2D eigenvalue weighted by atomic mass is 16.4. The minimum absolute atomic E-state index is 0.0616. The minimum atomic E-state index is 0.0616. The van der Waals surface area contributed by atoms with Crippen molar-refractivity contribution in [3.8, 4) is 17.9 Å². The SMILES string of the molecule is N#CCC#Cc1ccc(C(N)=NO)cc1. The first-order chi connectivity index (χ1) is 7.27. The first kappa shape index (κ1) is 10.6. The smallest absolute Gasteiger partial charge is 0.170 e. The van der Waals surface area contributed by atoms with Crippen LogP contribution in [0.25, 0.3) is 0 Å². The molecule has 0 amide bonds. The van der Waals surface area contributed by atoms with E-state index in [0.717, 1.165) is 5.56 Å². The highest BCUT2D eigenvalue weighted by molar-refractivity contribution is 5.97. The van der Waals surface area contributed by atoms with Gasteiger partial charge in [-0.05, 0) is 24.3 Å². The Morgan fingerprint density at radius 1 is 1.40 bits per heavy atom. The zero-order valence-corrected chi connectivity index (χ0v) is 7.94. The number of hydrogen-bond acceptors (Lipinski definition) is 3. The number of benzene rings is 1. The van der Waals surface area contributed by atoms with Gasteiger partial charge in [0.25, 0.3) is 0 Å². The van der Waals surface area contributed by atoms with Crippen LogP contribution in [0.2, 0.25) is 0 Å². The summed E-state index contributed by atoms with van der Waals surface area (Å²) in [4.78, 5) is 0. The fourth-order valence-corrected chi connectivity index (χ4v) is 0.968. The van der Waals surface area contributed by atoms with Crippen molar-refractivity contribution in [2.24, 2.45) is 10.9 Å². The number of nitriles is 1. The average molecular weight is 199 g/mol. The summed E-state index contributed by atoms with van der Waals surface area (Å²) < 4.78 is 0. The number of amidine groups is 1. The van der Waals surface area contributed by atoms with Gasteiger partial charge in [0.2, 0.25) is 0 Å². The molecule has 0 saturated heterocycles. The molecule has 15 heavy (non-hydrogen) atoms. The molecule has 3 N–H and O–H groups in total. The first-order valence-corrected chi connectivity index (χ1v) is 4.21. The maximum Gasteiger partial charge on any atom is 0.170 e. The Bertz CT molecular complexity index is 457. The summed E-state index contributed by atoms with van der Waals surface area (Å²) in [5.41, 5.74) is 6.81. The zero-order chi connectivity index (χ0) is 11.1. The standard InChI is InChI=1S/C11H9N3O/c12-8-2-1-3-9-4-6-10(7-5-9)11(13)14-15/h4-7,15H,2H2,(H2,13,14). The number of nitrogens with zero attached hydrogens (tertiary/aromatic N) is 2. The summed E-state index contributed by atoms with van der Waals surface area (Å²) in [6, 6.07) is 8.83. The Balaban J connectivity index is 2.84. The Morgan fingerprint density at radius 2 is 2.07 bits per heavy atom.